The predicted octanol–water partition coefficient (Wildman–Crippen LogP) is 3.35. The van der Waals surface area contributed by atoms with E-state index in [0.717, 1.165) is 18.4 Å². The maximum absolute atomic E-state index is 12.1. The van der Waals surface area contributed by atoms with Gasteiger partial charge in [0.05, 0.1) is 5.52 Å². The number of rotatable bonds is 7. The number of aryl methyl sites for hydroxylation is 4. The molecule has 3 aromatic rings. The highest BCUT2D eigenvalue weighted by molar-refractivity contribution is 5.76. The summed E-state index contributed by atoms with van der Waals surface area (Å²) in [7, 11) is 0. The second-order valence-electron chi connectivity index (χ2n) is 6.62. The molecular weight excluding hydrogens is 328 g/mol. The van der Waals surface area contributed by atoms with Gasteiger partial charge < -0.3 is 9.73 Å². The van der Waals surface area contributed by atoms with Crippen molar-refractivity contribution in [3.05, 3.63) is 69.7 Å². The minimum atomic E-state index is -0.422. The van der Waals surface area contributed by atoms with Crippen LogP contribution in [-0.2, 0) is 17.8 Å². The van der Waals surface area contributed by atoms with Gasteiger partial charge in [0.15, 0.2) is 5.58 Å². The fourth-order valence-corrected chi connectivity index (χ4v) is 3.16. The summed E-state index contributed by atoms with van der Waals surface area (Å²) in [6.07, 6.45) is 2.09. The van der Waals surface area contributed by atoms with Crippen LogP contribution in [0, 0.1) is 13.8 Å². The molecule has 0 spiro atoms. The van der Waals surface area contributed by atoms with Crippen molar-refractivity contribution >= 4 is 17.0 Å². The highest BCUT2D eigenvalue weighted by Gasteiger charge is 2.10. The van der Waals surface area contributed by atoms with E-state index in [1.807, 2.05) is 18.2 Å². The lowest BCUT2D eigenvalue weighted by atomic mass is 10.0. The van der Waals surface area contributed by atoms with Gasteiger partial charge in [-0.2, -0.15) is 0 Å². The quantitative estimate of drug-likeness (QED) is 0.663. The Hall–Kier alpha value is -2.82. The molecule has 0 aliphatic heterocycles. The summed E-state index contributed by atoms with van der Waals surface area (Å²) in [5.41, 5.74) is 5.15. The lowest BCUT2D eigenvalue weighted by Gasteiger charge is -2.08. The van der Waals surface area contributed by atoms with E-state index in [-0.39, 0.29) is 12.3 Å². The molecule has 1 amide bonds. The molecule has 5 heteroatoms. The summed E-state index contributed by atoms with van der Waals surface area (Å²) < 4.78 is 6.68. The first-order chi connectivity index (χ1) is 12.5. The number of amides is 1. The Balaban J connectivity index is 1.46. The smallest absolute Gasteiger partial charge is 0.408 e. The van der Waals surface area contributed by atoms with Crippen LogP contribution >= 0.6 is 0 Å². The van der Waals surface area contributed by atoms with Crippen LogP contribution in [-0.4, -0.2) is 17.0 Å². The molecule has 2 aromatic carbocycles. The van der Waals surface area contributed by atoms with Crippen LogP contribution in [0.3, 0.4) is 0 Å². The van der Waals surface area contributed by atoms with Gasteiger partial charge in [0, 0.05) is 19.5 Å². The van der Waals surface area contributed by atoms with E-state index in [9.17, 15) is 9.59 Å². The number of hydrogen-bond donors (Lipinski definition) is 1. The van der Waals surface area contributed by atoms with Crippen molar-refractivity contribution in [1.29, 1.82) is 0 Å². The molecule has 136 valence electrons. The summed E-state index contributed by atoms with van der Waals surface area (Å²) in [5.74, 6) is -0.475. The first-order valence-electron chi connectivity index (χ1n) is 8.96. The van der Waals surface area contributed by atoms with Gasteiger partial charge in [0.25, 0.3) is 0 Å². The SMILES string of the molecule is Cc1ccc(CCCNC(=O)CCn2c(=O)oc3ccccc32)c(C)c1. The maximum atomic E-state index is 12.1. The fourth-order valence-electron chi connectivity index (χ4n) is 3.16. The van der Waals surface area contributed by atoms with Crippen molar-refractivity contribution < 1.29 is 9.21 Å². The number of nitrogens with one attached hydrogen (secondary N) is 1. The monoisotopic (exact) mass is 352 g/mol. The Bertz CT molecular complexity index is 969. The van der Waals surface area contributed by atoms with Crippen LogP contribution in [0.2, 0.25) is 0 Å². The zero-order chi connectivity index (χ0) is 18.5. The van der Waals surface area contributed by atoms with E-state index >= 15 is 0 Å². The van der Waals surface area contributed by atoms with Crippen molar-refractivity contribution in [1.82, 2.24) is 9.88 Å². The van der Waals surface area contributed by atoms with Gasteiger partial charge in [-0.15, -0.1) is 0 Å². The van der Waals surface area contributed by atoms with Crippen LogP contribution in [0.1, 0.15) is 29.5 Å². The van der Waals surface area contributed by atoms with Gasteiger partial charge in [0.2, 0.25) is 5.91 Å². The molecule has 5 nitrogen and oxygen atoms in total. The van der Waals surface area contributed by atoms with Gasteiger partial charge in [-0.05, 0) is 49.9 Å². The number of carbonyl (C=O) groups is 1. The van der Waals surface area contributed by atoms with Gasteiger partial charge in [-0.25, -0.2) is 4.79 Å². The Labute approximate surface area is 152 Å². The van der Waals surface area contributed by atoms with Crippen molar-refractivity contribution in [2.75, 3.05) is 6.54 Å². The normalized spacial score (nSPS) is 11.0. The summed E-state index contributed by atoms with van der Waals surface area (Å²) in [4.78, 5) is 23.9. The van der Waals surface area contributed by atoms with Gasteiger partial charge in [-0.3, -0.25) is 9.36 Å². The Morgan fingerprint density at radius 2 is 1.96 bits per heavy atom. The molecule has 0 unspecified atom stereocenters. The molecule has 1 N–H and O–H groups in total. The molecule has 0 fully saturated rings. The van der Waals surface area contributed by atoms with Gasteiger partial charge in [-0.1, -0.05) is 35.9 Å². The molecule has 0 bridgehead atoms. The van der Waals surface area contributed by atoms with Crippen LogP contribution in [0.15, 0.2) is 51.7 Å². The minimum Gasteiger partial charge on any atom is -0.408 e. The van der Waals surface area contributed by atoms with Crippen LogP contribution in [0.5, 0.6) is 0 Å². The van der Waals surface area contributed by atoms with E-state index in [2.05, 4.69) is 37.4 Å². The highest BCUT2D eigenvalue weighted by Crippen LogP contribution is 2.13. The van der Waals surface area contributed by atoms with Crippen molar-refractivity contribution in [2.45, 2.75) is 39.7 Å². The first kappa shape index (κ1) is 18.0. The number of oxazole rings is 1. The lowest BCUT2D eigenvalue weighted by molar-refractivity contribution is -0.121. The molecule has 26 heavy (non-hydrogen) atoms. The molecule has 0 atom stereocenters. The number of aromatic nitrogens is 1. The van der Waals surface area contributed by atoms with Crippen molar-refractivity contribution in [2.24, 2.45) is 0 Å². The third-order valence-electron chi connectivity index (χ3n) is 4.58. The lowest BCUT2D eigenvalue weighted by Crippen LogP contribution is -2.27. The summed E-state index contributed by atoms with van der Waals surface area (Å²) in [5, 5.41) is 2.93. The molecule has 3 rings (SSSR count). The number of para-hydroxylation sites is 2. The van der Waals surface area contributed by atoms with Gasteiger partial charge in [0.1, 0.15) is 0 Å². The molecule has 0 saturated heterocycles. The van der Waals surface area contributed by atoms with E-state index in [1.165, 1.54) is 21.3 Å². The van der Waals surface area contributed by atoms with Gasteiger partial charge >= 0.3 is 5.76 Å². The zero-order valence-corrected chi connectivity index (χ0v) is 15.2. The zero-order valence-electron chi connectivity index (χ0n) is 15.2. The van der Waals surface area contributed by atoms with Crippen molar-refractivity contribution in [3.8, 4) is 0 Å². The van der Waals surface area contributed by atoms with E-state index in [1.54, 1.807) is 6.07 Å². The number of hydrogen-bond acceptors (Lipinski definition) is 3. The largest absolute Gasteiger partial charge is 0.419 e. The van der Waals surface area contributed by atoms with E-state index in [0.29, 0.717) is 18.7 Å². The number of fused-ring (bicyclic) bond motifs is 1. The standard InChI is InChI=1S/C21H24N2O3/c1-15-9-10-17(16(2)14-15)6-5-12-22-20(24)11-13-23-18-7-3-4-8-19(18)26-21(23)25/h3-4,7-10,14H,5-6,11-13H2,1-2H3,(H,22,24). The Kier molecular flexibility index (Phi) is 5.56. The summed E-state index contributed by atoms with van der Waals surface area (Å²) >= 11 is 0. The second kappa shape index (κ2) is 8.04. The summed E-state index contributed by atoms with van der Waals surface area (Å²) in [6.45, 7) is 5.16. The van der Waals surface area contributed by atoms with Crippen LogP contribution < -0.4 is 11.1 Å². The number of nitrogens with zero attached hydrogens (tertiary/aromatic N) is 1. The molecular formula is C21H24N2O3. The molecule has 0 aliphatic carbocycles. The average molecular weight is 352 g/mol. The molecule has 1 aromatic heterocycles. The van der Waals surface area contributed by atoms with Crippen LogP contribution in [0.4, 0.5) is 0 Å². The number of carbonyl (C=O) groups excluding carboxylic acids is 1. The predicted molar refractivity (Wildman–Crippen MR) is 102 cm³/mol. The number of benzene rings is 2. The van der Waals surface area contributed by atoms with E-state index < -0.39 is 5.76 Å². The third-order valence-corrected chi connectivity index (χ3v) is 4.58. The highest BCUT2D eigenvalue weighted by atomic mass is 16.4. The molecule has 1 heterocycles. The van der Waals surface area contributed by atoms with Crippen molar-refractivity contribution in [3.63, 3.8) is 0 Å². The topological polar surface area (TPSA) is 64.2 Å². The fraction of sp³-hybridized carbons (Fsp3) is 0.333. The Morgan fingerprint density at radius 1 is 1.15 bits per heavy atom. The molecule has 0 radical (unpaired) electrons. The molecule has 0 saturated carbocycles. The minimum absolute atomic E-state index is 0.0530. The first-order valence-corrected chi connectivity index (χ1v) is 8.96. The second-order valence-corrected chi connectivity index (χ2v) is 6.62. The molecule has 0 aliphatic rings. The third kappa shape index (κ3) is 4.23. The Morgan fingerprint density at radius 3 is 2.77 bits per heavy atom. The summed E-state index contributed by atoms with van der Waals surface area (Å²) in [6, 6.07) is 13.7. The maximum Gasteiger partial charge on any atom is 0.419 e. The van der Waals surface area contributed by atoms with Crippen LogP contribution in [0.25, 0.3) is 11.1 Å². The van der Waals surface area contributed by atoms with E-state index in [4.69, 9.17) is 4.42 Å². The average Bonchev–Trinajstić information content (AvgIpc) is 2.93.